The van der Waals surface area contributed by atoms with Gasteiger partial charge in [-0.2, -0.15) is 5.26 Å². The van der Waals surface area contributed by atoms with Crippen molar-refractivity contribution >= 4 is 49.8 Å². The highest BCUT2D eigenvalue weighted by atomic mass is 79.9. The van der Waals surface area contributed by atoms with Crippen LogP contribution in [0.5, 0.6) is 0 Å². The van der Waals surface area contributed by atoms with E-state index in [2.05, 4.69) is 21.2 Å². The Balaban J connectivity index is 2.05. The monoisotopic (exact) mass is 393 g/mol. The first-order valence-electron chi connectivity index (χ1n) is 6.47. The number of halogens is 1. The van der Waals surface area contributed by atoms with Crippen molar-refractivity contribution in [2.45, 2.75) is 13.0 Å². The molecule has 0 radical (unpaired) electrons. The molecule has 2 aromatic rings. The van der Waals surface area contributed by atoms with Gasteiger partial charge in [-0.05, 0) is 36.6 Å². The zero-order chi connectivity index (χ0) is 17.0. The standard InChI is InChI=1S/C15H12BrN3O3S/c1-8(13(20)19-14-9(7-17)4-5-23-14)22-15(21)11-6-10(16)2-3-12(11)18/h2-6,8H,18H2,1H3,(H,19,20)/t8-/m1/s1. The number of amides is 1. The molecule has 23 heavy (non-hydrogen) atoms. The van der Waals surface area contributed by atoms with Gasteiger partial charge in [-0.3, -0.25) is 4.79 Å². The van der Waals surface area contributed by atoms with Crippen molar-refractivity contribution in [2.75, 3.05) is 11.1 Å². The van der Waals surface area contributed by atoms with Crippen molar-refractivity contribution in [3.8, 4) is 6.07 Å². The summed E-state index contributed by atoms with van der Waals surface area (Å²) in [5, 5.41) is 13.6. The van der Waals surface area contributed by atoms with Crippen molar-refractivity contribution in [3.05, 3.63) is 45.2 Å². The normalized spacial score (nSPS) is 11.3. The van der Waals surface area contributed by atoms with Gasteiger partial charge in [0.25, 0.3) is 5.91 Å². The molecule has 0 aliphatic heterocycles. The van der Waals surface area contributed by atoms with E-state index < -0.39 is 18.0 Å². The first kappa shape index (κ1) is 17.0. The summed E-state index contributed by atoms with van der Waals surface area (Å²) in [6, 6.07) is 8.35. The highest BCUT2D eigenvalue weighted by Gasteiger charge is 2.21. The van der Waals surface area contributed by atoms with Gasteiger partial charge >= 0.3 is 5.97 Å². The van der Waals surface area contributed by atoms with E-state index in [0.717, 1.165) is 0 Å². The predicted molar refractivity (Wildman–Crippen MR) is 91.1 cm³/mol. The highest BCUT2D eigenvalue weighted by Crippen LogP contribution is 2.23. The summed E-state index contributed by atoms with van der Waals surface area (Å²) < 4.78 is 5.80. The van der Waals surface area contributed by atoms with E-state index >= 15 is 0 Å². The molecule has 3 N–H and O–H groups in total. The van der Waals surface area contributed by atoms with Crippen LogP contribution in [0.15, 0.2) is 34.1 Å². The maximum atomic E-state index is 12.1. The second kappa shape index (κ2) is 7.26. The number of nitrogens with zero attached hydrogens (tertiary/aromatic N) is 1. The van der Waals surface area contributed by atoms with E-state index in [4.69, 9.17) is 15.7 Å². The summed E-state index contributed by atoms with van der Waals surface area (Å²) in [5.74, 6) is -1.22. The maximum Gasteiger partial charge on any atom is 0.341 e. The Morgan fingerprint density at radius 3 is 2.87 bits per heavy atom. The van der Waals surface area contributed by atoms with Crippen LogP contribution in [0.2, 0.25) is 0 Å². The molecule has 0 saturated heterocycles. The number of nitrogens with one attached hydrogen (secondary N) is 1. The summed E-state index contributed by atoms with van der Waals surface area (Å²) in [5.41, 5.74) is 6.53. The lowest BCUT2D eigenvalue weighted by Gasteiger charge is -2.14. The number of thiophene rings is 1. The number of hydrogen-bond donors (Lipinski definition) is 2. The third-order valence-electron chi connectivity index (χ3n) is 2.91. The van der Waals surface area contributed by atoms with Gasteiger partial charge in [-0.25, -0.2) is 4.79 Å². The number of rotatable bonds is 4. The largest absolute Gasteiger partial charge is 0.449 e. The smallest absolute Gasteiger partial charge is 0.341 e. The Morgan fingerprint density at radius 1 is 1.43 bits per heavy atom. The number of nitriles is 1. The van der Waals surface area contributed by atoms with Crippen LogP contribution < -0.4 is 11.1 Å². The molecule has 0 unspecified atom stereocenters. The van der Waals surface area contributed by atoms with Crippen LogP contribution in [0.4, 0.5) is 10.7 Å². The SMILES string of the molecule is C[C@@H](OC(=O)c1cc(Br)ccc1N)C(=O)Nc1sccc1C#N. The Morgan fingerprint density at radius 2 is 2.17 bits per heavy atom. The summed E-state index contributed by atoms with van der Waals surface area (Å²) in [4.78, 5) is 24.2. The van der Waals surface area contributed by atoms with Crippen LogP contribution in [0.25, 0.3) is 0 Å². The average molecular weight is 394 g/mol. The van der Waals surface area contributed by atoms with Gasteiger partial charge < -0.3 is 15.8 Å². The van der Waals surface area contributed by atoms with Crippen LogP contribution >= 0.6 is 27.3 Å². The van der Waals surface area contributed by atoms with Crippen LogP contribution in [0.3, 0.4) is 0 Å². The minimum absolute atomic E-state index is 0.174. The molecule has 1 amide bonds. The molecule has 2 rings (SSSR count). The number of nitrogens with two attached hydrogens (primary N) is 1. The zero-order valence-corrected chi connectivity index (χ0v) is 14.4. The Kier molecular flexibility index (Phi) is 5.36. The number of nitrogen functional groups attached to an aromatic ring is 1. The van der Waals surface area contributed by atoms with Crippen LogP contribution in [0.1, 0.15) is 22.8 Å². The summed E-state index contributed by atoms with van der Waals surface area (Å²) >= 11 is 4.46. The molecule has 6 nitrogen and oxygen atoms in total. The fourth-order valence-electron chi connectivity index (χ4n) is 1.69. The molecule has 1 atom stereocenters. The van der Waals surface area contributed by atoms with E-state index in [9.17, 15) is 9.59 Å². The molecule has 1 aromatic heterocycles. The molecule has 8 heteroatoms. The van der Waals surface area contributed by atoms with E-state index in [1.165, 1.54) is 24.3 Å². The predicted octanol–water partition coefficient (Wildman–Crippen LogP) is 3.15. The number of benzene rings is 1. The quantitative estimate of drug-likeness (QED) is 0.612. The van der Waals surface area contributed by atoms with Crippen molar-refractivity contribution < 1.29 is 14.3 Å². The maximum absolute atomic E-state index is 12.1. The number of anilines is 2. The minimum atomic E-state index is -1.03. The zero-order valence-electron chi connectivity index (χ0n) is 12.0. The average Bonchev–Trinajstić information content (AvgIpc) is 2.96. The van der Waals surface area contributed by atoms with Gasteiger partial charge in [0.15, 0.2) is 6.10 Å². The number of esters is 1. The number of hydrogen-bond acceptors (Lipinski definition) is 6. The first-order chi connectivity index (χ1) is 10.9. The van der Waals surface area contributed by atoms with Gasteiger partial charge in [0.05, 0.1) is 11.1 Å². The lowest BCUT2D eigenvalue weighted by Crippen LogP contribution is -2.30. The topological polar surface area (TPSA) is 105 Å². The molecule has 1 aromatic carbocycles. The van der Waals surface area contributed by atoms with Crippen molar-refractivity contribution in [1.29, 1.82) is 5.26 Å². The summed E-state index contributed by atoms with van der Waals surface area (Å²) in [6.45, 7) is 1.45. The van der Waals surface area contributed by atoms with Gasteiger partial charge in [0, 0.05) is 10.2 Å². The van der Waals surface area contributed by atoms with Gasteiger partial charge in [0.2, 0.25) is 0 Å². The molecular formula is C15H12BrN3O3S. The third-order valence-corrected chi connectivity index (χ3v) is 4.23. The molecule has 1 heterocycles. The summed E-state index contributed by atoms with van der Waals surface area (Å²) in [7, 11) is 0. The molecule has 0 fully saturated rings. The van der Waals surface area contributed by atoms with Crippen molar-refractivity contribution in [2.24, 2.45) is 0 Å². The van der Waals surface area contributed by atoms with E-state index in [1.54, 1.807) is 23.6 Å². The van der Waals surface area contributed by atoms with E-state index in [1.807, 2.05) is 6.07 Å². The molecular weight excluding hydrogens is 382 g/mol. The van der Waals surface area contributed by atoms with Crippen LogP contribution in [0, 0.1) is 11.3 Å². The molecule has 0 aliphatic carbocycles. The molecule has 0 aliphatic rings. The molecule has 0 bridgehead atoms. The van der Waals surface area contributed by atoms with Gasteiger partial charge in [-0.15, -0.1) is 11.3 Å². The molecule has 0 spiro atoms. The second-order valence-corrected chi connectivity index (χ2v) is 6.38. The van der Waals surface area contributed by atoms with Gasteiger partial charge in [-0.1, -0.05) is 15.9 Å². The Bertz CT molecular complexity index is 798. The number of carbonyl (C=O) groups is 2. The van der Waals surface area contributed by atoms with Gasteiger partial charge in [0.1, 0.15) is 11.1 Å². The first-order valence-corrected chi connectivity index (χ1v) is 8.14. The fourth-order valence-corrected chi connectivity index (χ4v) is 2.79. The fraction of sp³-hybridized carbons (Fsp3) is 0.133. The summed E-state index contributed by atoms with van der Waals surface area (Å²) in [6.07, 6.45) is -1.03. The Labute approximate surface area is 145 Å². The Hall–Kier alpha value is -2.37. The van der Waals surface area contributed by atoms with Crippen molar-refractivity contribution in [3.63, 3.8) is 0 Å². The van der Waals surface area contributed by atoms with Crippen LogP contribution in [-0.4, -0.2) is 18.0 Å². The van der Waals surface area contributed by atoms with Crippen molar-refractivity contribution in [1.82, 2.24) is 0 Å². The van der Waals surface area contributed by atoms with E-state index in [0.29, 0.717) is 15.0 Å². The number of ether oxygens (including phenoxy) is 1. The third kappa shape index (κ3) is 4.09. The lowest BCUT2D eigenvalue weighted by molar-refractivity contribution is -0.123. The molecule has 118 valence electrons. The number of carbonyl (C=O) groups excluding carboxylic acids is 2. The minimum Gasteiger partial charge on any atom is -0.449 e. The van der Waals surface area contributed by atoms with E-state index in [-0.39, 0.29) is 11.3 Å². The van der Waals surface area contributed by atoms with Crippen LogP contribution in [-0.2, 0) is 9.53 Å². The molecule has 0 saturated carbocycles. The lowest BCUT2D eigenvalue weighted by atomic mass is 10.2. The highest BCUT2D eigenvalue weighted by molar-refractivity contribution is 9.10. The second-order valence-electron chi connectivity index (χ2n) is 4.54.